The van der Waals surface area contributed by atoms with Gasteiger partial charge in [-0.2, -0.15) is 13.2 Å². The molecule has 1 aromatic heterocycles. The van der Waals surface area contributed by atoms with Crippen LogP contribution in [0.25, 0.3) is 0 Å². The number of benzene rings is 2. The average molecular weight is 741 g/mol. The third kappa shape index (κ3) is 10.3. The zero-order chi connectivity index (χ0) is 31.6. The molecule has 4 atom stereocenters. The Kier molecular flexibility index (Phi) is 15.5. The highest BCUT2D eigenvalue weighted by molar-refractivity contribution is 7.11. The Hall–Kier alpha value is -1.95. The molecule has 1 N–H and O–H groups in total. The normalized spacial score (nSPS) is 21.2. The van der Waals surface area contributed by atoms with Crippen molar-refractivity contribution in [3.8, 4) is 0 Å². The molecule has 2 heterocycles. The quantitative estimate of drug-likeness (QED) is 0.211. The predicted molar refractivity (Wildman–Crippen MR) is 186 cm³/mol. The number of alkyl halides is 3. The van der Waals surface area contributed by atoms with Gasteiger partial charge in [0.15, 0.2) is 0 Å². The Morgan fingerprint density at radius 3 is 2.36 bits per heavy atom. The van der Waals surface area contributed by atoms with Crippen molar-refractivity contribution in [3.05, 3.63) is 87.1 Å². The number of halogens is 7. The molecular formula is C34H44Cl3F4N3O2S. The van der Waals surface area contributed by atoms with Crippen LogP contribution in [0.15, 0.2) is 54.7 Å². The predicted octanol–water partition coefficient (Wildman–Crippen LogP) is 8.94. The number of rotatable bonds is 10. The number of piperidine rings is 1. The molecule has 1 saturated carbocycles. The second-order valence-corrected chi connectivity index (χ2v) is 14.0. The van der Waals surface area contributed by atoms with Crippen LogP contribution in [-0.4, -0.2) is 64.6 Å². The first-order valence-electron chi connectivity index (χ1n) is 15.4. The summed E-state index contributed by atoms with van der Waals surface area (Å²) in [6, 6.07) is 11.8. The van der Waals surface area contributed by atoms with E-state index in [1.807, 2.05) is 38.1 Å². The summed E-state index contributed by atoms with van der Waals surface area (Å²) < 4.78 is 53.6. The molecule has 0 bridgehead atoms. The second kappa shape index (κ2) is 17.6. The van der Waals surface area contributed by atoms with E-state index in [9.17, 15) is 27.5 Å². The van der Waals surface area contributed by atoms with Crippen molar-refractivity contribution in [3.63, 3.8) is 0 Å². The van der Waals surface area contributed by atoms with Crippen LogP contribution in [0.4, 0.5) is 17.6 Å². The Balaban J connectivity index is 0.00000256. The van der Waals surface area contributed by atoms with Crippen molar-refractivity contribution in [2.24, 2.45) is 11.8 Å². The minimum absolute atomic E-state index is 0. The maximum Gasteiger partial charge on any atom is 0.416 e. The van der Waals surface area contributed by atoms with Crippen molar-refractivity contribution in [1.29, 1.82) is 0 Å². The number of likely N-dealkylation sites (N-methyl/N-ethyl adjacent to an activating group) is 1. The van der Waals surface area contributed by atoms with E-state index in [1.54, 1.807) is 29.5 Å². The van der Waals surface area contributed by atoms with Gasteiger partial charge < -0.3 is 10.0 Å². The van der Waals surface area contributed by atoms with Crippen molar-refractivity contribution in [2.45, 2.75) is 76.0 Å². The van der Waals surface area contributed by atoms with Gasteiger partial charge in [-0.1, -0.05) is 44.2 Å². The van der Waals surface area contributed by atoms with E-state index in [1.165, 1.54) is 23.1 Å². The maximum absolute atomic E-state index is 14.2. The molecule has 3 aromatic rings. The fraction of sp³-hybridized carbons (Fsp3) is 0.529. The van der Waals surface area contributed by atoms with Gasteiger partial charge in [-0.15, -0.1) is 48.6 Å². The molecule has 0 amide bonds. The summed E-state index contributed by atoms with van der Waals surface area (Å²) >= 11 is 1.59. The number of carboxylic acids is 1. The minimum Gasteiger partial charge on any atom is -0.480 e. The zero-order valence-corrected chi connectivity index (χ0v) is 29.9. The van der Waals surface area contributed by atoms with E-state index in [-0.39, 0.29) is 66.8 Å². The summed E-state index contributed by atoms with van der Waals surface area (Å²) in [6.45, 7) is 6.59. The van der Waals surface area contributed by atoms with Gasteiger partial charge in [0.1, 0.15) is 11.9 Å². The summed E-state index contributed by atoms with van der Waals surface area (Å²) in [5.41, 5.74) is 0.947. The molecule has 0 unspecified atom stereocenters. The van der Waals surface area contributed by atoms with Gasteiger partial charge in [0.2, 0.25) is 0 Å². The minimum atomic E-state index is -4.36. The lowest BCUT2D eigenvalue weighted by molar-refractivity contribution is -0.145. The maximum atomic E-state index is 14.2. The van der Waals surface area contributed by atoms with Crippen molar-refractivity contribution >= 4 is 54.5 Å². The van der Waals surface area contributed by atoms with E-state index in [4.69, 9.17) is 0 Å². The highest BCUT2D eigenvalue weighted by atomic mass is 35.5. The summed E-state index contributed by atoms with van der Waals surface area (Å²) in [7, 11) is 1.91. The second-order valence-electron chi connectivity index (χ2n) is 12.8. The lowest BCUT2D eigenvalue weighted by Crippen LogP contribution is -2.47. The number of thiazole rings is 1. The lowest BCUT2D eigenvalue weighted by atomic mass is 9.87. The van der Waals surface area contributed by atoms with Gasteiger partial charge in [-0.05, 0) is 98.8 Å². The molecule has 2 fully saturated rings. The molecule has 1 saturated heterocycles. The van der Waals surface area contributed by atoms with Crippen LogP contribution in [-0.2, 0) is 17.4 Å². The third-order valence-corrected chi connectivity index (χ3v) is 10.7. The number of likely N-dealkylation sites (tertiary alicyclic amines) is 1. The number of aliphatic carboxylic acids is 1. The van der Waals surface area contributed by atoms with Crippen LogP contribution >= 0.6 is 48.6 Å². The Morgan fingerprint density at radius 2 is 1.74 bits per heavy atom. The van der Waals surface area contributed by atoms with Crippen LogP contribution < -0.4 is 0 Å². The number of carbonyl (C=O) groups is 1. The number of carboxylic acid groups (broad SMARTS) is 1. The van der Waals surface area contributed by atoms with Crippen LogP contribution in [0.5, 0.6) is 0 Å². The zero-order valence-electron chi connectivity index (χ0n) is 26.7. The molecule has 2 aromatic carbocycles. The summed E-state index contributed by atoms with van der Waals surface area (Å²) in [4.78, 5) is 22.3. The monoisotopic (exact) mass is 739 g/mol. The Morgan fingerprint density at radius 1 is 1.06 bits per heavy atom. The van der Waals surface area contributed by atoms with Crippen LogP contribution in [0.3, 0.4) is 0 Å². The van der Waals surface area contributed by atoms with E-state index in [0.717, 1.165) is 62.0 Å². The summed E-state index contributed by atoms with van der Waals surface area (Å²) in [5, 5.41) is 10.7. The number of hydrogen-bond donors (Lipinski definition) is 1. The SMILES string of the molecule is CC(C)[C@H](C(=O)O)N(C)[C@H]1C[C@H](CN2CCC(c3cnc(Cc4cccc(C(F)(F)F)c4)s3)CC2)[C@@H](c2cccc(F)c2)C1.Cl.Cl.Cl. The van der Waals surface area contributed by atoms with E-state index < -0.39 is 23.8 Å². The van der Waals surface area contributed by atoms with E-state index in [2.05, 4.69) is 9.88 Å². The smallest absolute Gasteiger partial charge is 0.416 e. The molecule has 0 spiro atoms. The highest BCUT2D eigenvalue weighted by Crippen LogP contribution is 2.44. The van der Waals surface area contributed by atoms with Gasteiger partial charge in [0.05, 0.1) is 10.6 Å². The first-order valence-corrected chi connectivity index (χ1v) is 16.2. The highest BCUT2D eigenvalue weighted by Gasteiger charge is 2.42. The molecular weight excluding hydrogens is 697 g/mol. The van der Waals surface area contributed by atoms with Gasteiger partial charge in [0.25, 0.3) is 0 Å². The fourth-order valence-corrected chi connectivity index (χ4v) is 8.41. The molecule has 1 aliphatic heterocycles. The molecule has 0 radical (unpaired) electrons. The van der Waals surface area contributed by atoms with Crippen LogP contribution in [0.2, 0.25) is 0 Å². The molecule has 47 heavy (non-hydrogen) atoms. The van der Waals surface area contributed by atoms with Crippen molar-refractivity contribution < 1.29 is 27.5 Å². The van der Waals surface area contributed by atoms with Crippen molar-refractivity contribution in [1.82, 2.24) is 14.8 Å². The lowest BCUT2D eigenvalue weighted by Gasteiger charge is -2.35. The fourth-order valence-electron chi connectivity index (χ4n) is 7.29. The average Bonchev–Trinajstić information content (AvgIpc) is 3.60. The molecule has 5 rings (SSSR count). The topological polar surface area (TPSA) is 56.7 Å². The largest absolute Gasteiger partial charge is 0.480 e. The van der Waals surface area contributed by atoms with Crippen LogP contribution in [0.1, 0.15) is 77.9 Å². The van der Waals surface area contributed by atoms with Gasteiger partial charge >= 0.3 is 12.1 Å². The van der Waals surface area contributed by atoms with E-state index >= 15 is 0 Å². The molecule has 262 valence electrons. The van der Waals surface area contributed by atoms with Gasteiger partial charge in [-0.25, -0.2) is 9.37 Å². The first-order chi connectivity index (χ1) is 20.9. The number of hydrogen-bond acceptors (Lipinski definition) is 5. The third-order valence-electron chi connectivity index (χ3n) is 9.51. The molecule has 13 heteroatoms. The summed E-state index contributed by atoms with van der Waals surface area (Å²) in [5.74, 6) is -0.288. The number of aromatic nitrogens is 1. The van der Waals surface area contributed by atoms with Crippen LogP contribution in [0, 0.1) is 17.7 Å². The van der Waals surface area contributed by atoms with Crippen molar-refractivity contribution in [2.75, 3.05) is 26.7 Å². The van der Waals surface area contributed by atoms with E-state index in [0.29, 0.717) is 17.9 Å². The first kappa shape index (κ1) is 41.2. The molecule has 1 aliphatic carbocycles. The Labute approximate surface area is 297 Å². The number of nitrogens with zero attached hydrogens (tertiary/aromatic N) is 3. The standard InChI is InChI=1S/C34H41F4N3O2S.3ClH/c1-21(2)32(33(42)43)40(3)28-17-25(29(18-28)24-7-5-9-27(35)16-24)20-41-12-10-23(11-13-41)30-19-39-31(44-30)15-22-6-4-8-26(14-22)34(36,37)38;;;/h4-9,14,16,19,21,23,25,28-29,32H,10-13,15,17-18,20H2,1-3H3,(H,42,43);3*1H/t25-,28+,29-,32-;;;/m1.../s1. The summed E-state index contributed by atoms with van der Waals surface area (Å²) in [6.07, 6.45) is 1.51. The molecule has 2 aliphatic rings. The van der Waals surface area contributed by atoms with Gasteiger partial charge in [0, 0.05) is 30.1 Å². The molecule has 5 nitrogen and oxygen atoms in total. The van der Waals surface area contributed by atoms with Gasteiger partial charge in [-0.3, -0.25) is 9.69 Å². The Bertz CT molecular complexity index is 1440.